The summed E-state index contributed by atoms with van der Waals surface area (Å²) in [5, 5.41) is 0. The highest BCUT2D eigenvalue weighted by molar-refractivity contribution is 9.10. The number of rotatable bonds is 2. The molecule has 2 aromatic heterocycles. The summed E-state index contributed by atoms with van der Waals surface area (Å²) in [7, 11) is 0. The molecule has 0 atom stereocenters. The van der Waals surface area contributed by atoms with Crippen molar-refractivity contribution in [3.05, 3.63) is 46.7 Å². The molecule has 2 heterocycles. The molecule has 6 nitrogen and oxygen atoms in total. The molecule has 1 amide bonds. The molecule has 0 radical (unpaired) electrons. The Kier molecular flexibility index (Phi) is 3.21. The minimum atomic E-state index is -0.374. The number of fused-ring (bicyclic) bond motifs is 1. The van der Waals surface area contributed by atoms with Gasteiger partial charge < -0.3 is 4.42 Å². The van der Waals surface area contributed by atoms with E-state index in [9.17, 15) is 4.79 Å². The maximum Gasteiger partial charge on any atom is 0.265 e. The molecule has 0 aliphatic carbocycles. The van der Waals surface area contributed by atoms with Crippen molar-refractivity contribution in [2.75, 3.05) is 0 Å². The molecular formula is C13H9BrN4O2. The molecule has 0 saturated heterocycles. The number of carbonyl (C=O) groups excluding carboxylic acids is 1. The Balaban J connectivity index is 2.09. The predicted molar refractivity (Wildman–Crippen MR) is 76.6 cm³/mol. The van der Waals surface area contributed by atoms with Crippen LogP contribution in [0.3, 0.4) is 0 Å². The number of hydrogen-bond acceptors (Lipinski definition) is 5. The summed E-state index contributed by atoms with van der Waals surface area (Å²) in [6, 6.07) is 6.78. The summed E-state index contributed by atoms with van der Waals surface area (Å²) >= 11 is 3.34. The van der Waals surface area contributed by atoms with E-state index in [0.29, 0.717) is 22.6 Å². The number of nitrogens with one attached hydrogen (secondary N) is 1. The van der Waals surface area contributed by atoms with E-state index in [1.54, 1.807) is 30.6 Å². The number of nitrogen functional groups attached to an aromatic ring is 1. The van der Waals surface area contributed by atoms with Gasteiger partial charge in [-0.2, -0.15) is 0 Å². The van der Waals surface area contributed by atoms with E-state index in [0.717, 1.165) is 10.0 Å². The van der Waals surface area contributed by atoms with Gasteiger partial charge >= 0.3 is 0 Å². The molecule has 100 valence electrons. The maximum absolute atomic E-state index is 11.5. The number of amides is 1. The minimum Gasteiger partial charge on any atom is -0.436 e. The topological polar surface area (TPSA) is 94.0 Å². The third-order valence-corrected chi connectivity index (χ3v) is 3.17. The highest BCUT2D eigenvalue weighted by Crippen LogP contribution is 2.26. The van der Waals surface area contributed by atoms with E-state index < -0.39 is 0 Å². The van der Waals surface area contributed by atoms with Gasteiger partial charge in [-0.15, -0.1) is 0 Å². The number of carbonyl (C=O) groups is 1. The summed E-state index contributed by atoms with van der Waals surface area (Å²) < 4.78 is 6.48. The van der Waals surface area contributed by atoms with Crippen molar-refractivity contribution in [2.45, 2.75) is 0 Å². The van der Waals surface area contributed by atoms with E-state index in [1.165, 1.54) is 0 Å². The summed E-state index contributed by atoms with van der Waals surface area (Å²) in [6.45, 7) is 0. The van der Waals surface area contributed by atoms with Crippen molar-refractivity contribution < 1.29 is 9.21 Å². The first kappa shape index (κ1) is 12.8. The van der Waals surface area contributed by atoms with Gasteiger partial charge in [0.2, 0.25) is 5.89 Å². The first-order valence-electron chi connectivity index (χ1n) is 5.70. The fraction of sp³-hybridized carbons (Fsp3) is 0. The van der Waals surface area contributed by atoms with E-state index in [-0.39, 0.29) is 5.91 Å². The Bertz CT molecular complexity index is 800. The molecule has 0 bridgehead atoms. The van der Waals surface area contributed by atoms with Gasteiger partial charge in [-0.1, -0.05) is 0 Å². The Labute approximate surface area is 122 Å². The lowest BCUT2D eigenvalue weighted by Crippen LogP contribution is -2.29. The zero-order chi connectivity index (χ0) is 14.1. The summed E-state index contributed by atoms with van der Waals surface area (Å²) in [6.07, 6.45) is 3.33. The third-order valence-electron chi connectivity index (χ3n) is 2.73. The lowest BCUT2D eigenvalue weighted by molar-refractivity contribution is 0.0954. The normalized spacial score (nSPS) is 10.7. The number of pyridine rings is 1. The Morgan fingerprint density at radius 2 is 2.15 bits per heavy atom. The van der Waals surface area contributed by atoms with E-state index in [2.05, 4.69) is 31.3 Å². The molecule has 0 fully saturated rings. The van der Waals surface area contributed by atoms with Gasteiger partial charge in [-0.3, -0.25) is 15.2 Å². The lowest BCUT2D eigenvalue weighted by Gasteiger charge is -1.97. The molecule has 0 saturated carbocycles. The molecule has 0 unspecified atom stereocenters. The van der Waals surface area contributed by atoms with Gasteiger partial charge in [0.05, 0.1) is 5.56 Å². The van der Waals surface area contributed by atoms with Crippen LogP contribution < -0.4 is 11.3 Å². The number of hydrazine groups is 1. The number of nitrogens with two attached hydrogens (primary N) is 1. The zero-order valence-corrected chi connectivity index (χ0v) is 11.7. The van der Waals surface area contributed by atoms with Crippen molar-refractivity contribution in [1.29, 1.82) is 0 Å². The smallest absolute Gasteiger partial charge is 0.265 e. The monoisotopic (exact) mass is 332 g/mol. The molecule has 0 spiro atoms. The van der Waals surface area contributed by atoms with Crippen LogP contribution in [-0.2, 0) is 0 Å². The predicted octanol–water partition coefficient (Wildman–Crippen LogP) is 2.26. The quantitative estimate of drug-likeness (QED) is 0.426. The van der Waals surface area contributed by atoms with E-state index in [4.69, 9.17) is 10.3 Å². The summed E-state index contributed by atoms with van der Waals surface area (Å²) in [4.78, 5) is 19.9. The Morgan fingerprint density at radius 1 is 1.30 bits per heavy atom. The molecule has 7 heteroatoms. The number of aromatic nitrogens is 2. The van der Waals surface area contributed by atoms with Crippen LogP contribution >= 0.6 is 15.9 Å². The van der Waals surface area contributed by atoms with Crippen molar-refractivity contribution >= 4 is 32.9 Å². The van der Waals surface area contributed by atoms with Crippen LogP contribution in [0, 0.1) is 0 Å². The average molecular weight is 333 g/mol. The first-order valence-corrected chi connectivity index (χ1v) is 6.49. The van der Waals surface area contributed by atoms with Crippen LogP contribution in [0.4, 0.5) is 0 Å². The van der Waals surface area contributed by atoms with Gasteiger partial charge in [0, 0.05) is 22.4 Å². The van der Waals surface area contributed by atoms with E-state index >= 15 is 0 Å². The molecular weight excluding hydrogens is 324 g/mol. The largest absolute Gasteiger partial charge is 0.436 e. The maximum atomic E-state index is 11.5. The van der Waals surface area contributed by atoms with Gasteiger partial charge in [-0.25, -0.2) is 10.8 Å². The Hall–Kier alpha value is -2.25. The highest BCUT2D eigenvalue weighted by atomic mass is 79.9. The number of nitrogens with zero attached hydrogens (tertiary/aromatic N) is 2. The number of hydrogen-bond donors (Lipinski definition) is 2. The van der Waals surface area contributed by atoms with Crippen molar-refractivity contribution in [3.8, 4) is 11.5 Å². The second kappa shape index (κ2) is 5.03. The number of benzene rings is 1. The van der Waals surface area contributed by atoms with Gasteiger partial charge in [0.15, 0.2) is 5.58 Å². The van der Waals surface area contributed by atoms with Crippen molar-refractivity contribution in [1.82, 2.24) is 15.4 Å². The fourth-order valence-corrected chi connectivity index (χ4v) is 2.17. The van der Waals surface area contributed by atoms with Gasteiger partial charge in [0.1, 0.15) is 5.52 Å². The lowest BCUT2D eigenvalue weighted by atomic mass is 10.2. The third kappa shape index (κ3) is 2.28. The van der Waals surface area contributed by atoms with Gasteiger partial charge in [0.25, 0.3) is 5.91 Å². The molecule has 3 N–H and O–H groups in total. The SMILES string of the molecule is NNC(=O)c1ccc2oc(-c3cncc(Br)c3)nc2c1. The number of oxazole rings is 1. The molecule has 0 aliphatic rings. The van der Waals surface area contributed by atoms with Crippen LogP contribution in [-0.4, -0.2) is 15.9 Å². The van der Waals surface area contributed by atoms with Crippen LogP contribution in [0.15, 0.2) is 45.5 Å². The second-order valence-electron chi connectivity index (χ2n) is 4.07. The molecule has 3 rings (SSSR count). The average Bonchev–Trinajstić information content (AvgIpc) is 2.89. The molecule has 0 aliphatic heterocycles. The first-order chi connectivity index (χ1) is 9.67. The van der Waals surface area contributed by atoms with Crippen molar-refractivity contribution in [2.24, 2.45) is 5.84 Å². The highest BCUT2D eigenvalue weighted by Gasteiger charge is 2.11. The second-order valence-corrected chi connectivity index (χ2v) is 4.98. The van der Waals surface area contributed by atoms with Gasteiger partial charge in [-0.05, 0) is 40.2 Å². The Morgan fingerprint density at radius 3 is 2.90 bits per heavy atom. The minimum absolute atomic E-state index is 0.374. The standard InChI is InChI=1S/C13H9BrN4O2/c14-9-3-8(5-16-6-9)13-17-10-4-7(12(19)18-15)1-2-11(10)20-13/h1-6H,15H2,(H,18,19). The van der Waals surface area contributed by atoms with Crippen LogP contribution in [0.2, 0.25) is 0 Å². The van der Waals surface area contributed by atoms with E-state index in [1.807, 2.05) is 6.07 Å². The zero-order valence-electron chi connectivity index (χ0n) is 10.1. The summed E-state index contributed by atoms with van der Waals surface area (Å²) in [5.74, 6) is 5.17. The van der Waals surface area contributed by atoms with Crippen LogP contribution in [0.5, 0.6) is 0 Å². The summed E-state index contributed by atoms with van der Waals surface area (Å²) in [5.41, 5.74) is 4.43. The molecule has 1 aromatic carbocycles. The van der Waals surface area contributed by atoms with Crippen LogP contribution in [0.25, 0.3) is 22.6 Å². The van der Waals surface area contributed by atoms with Crippen molar-refractivity contribution in [3.63, 3.8) is 0 Å². The fourth-order valence-electron chi connectivity index (χ4n) is 1.80. The number of halogens is 1. The van der Waals surface area contributed by atoms with Crippen LogP contribution in [0.1, 0.15) is 10.4 Å². The molecule has 3 aromatic rings. The molecule has 20 heavy (non-hydrogen) atoms.